The van der Waals surface area contributed by atoms with Crippen LogP contribution < -0.4 is 0 Å². The van der Waals surface area contributed by atoms with E-state index in [-0.39, 0.29) is 0 Å². The zero-order chi connectivity index (χ0) is 10.0. The van der Waals surface area contributed by atoms with Gasteiger partial charge in [-0.05, 0) is 40.3 Å². The summed E-state index contributed by atoms with van der Waals surface area (Å²) >= 11 is 18.4. The molecule has 13 heavy (non-hydrogen) atoms. The third kappa shape index (κ3) is 2.76. The molecular weight excluding hydrogens is 342 g/mol. The first kappa shape index (κ1) is 11.7. The maximum Gasteiger partial charge on any atom is 0.107 e. The molecule has 1 N–H and O–H groups in total. The van der Waals surface area contributed by atoms with Gasteiger partial charge in [-0.3, -0.25) is 0 Å². The molecule has 0 radical (unpaired) electrons. The third-order valence-corrected chi connectivity index (χ3v) is 4.13. The fraction of sp³-hybridized carbons (Fsp3) is 0.125. The molecule has 0 saturated heterocycles. The topological polar surface area (TPSA) is 20.2 Å². The van der Waals surface area contributed by atoms with Gasteiger partial charge in [0.1, 0.15) is 6.10 Å². The van der Waals surface area contributed by atoms with E-state index in [0.29, 0.717) is 15.6 Å². The fourth-order valence-corrected chi connectivity index (χ4v) is 1.80. The number of thiocarbonyl (C=S) groups is 1. The Labute approximate surface area is 105 Å². The van der Waals surface area contributed by atoms with Gasteiger partial charge in [0.15, 0.2) is 0 Å². The highest BCUT2D eigenvalue weighted by Crippen LogP contribution is 2.29. The van der Waals surface area contributed by atoms with Crippen molar-refractivity contribution in [3.8, 4) is 0 Å². The standard InChI is InChI=1S/C8H5Cl2IOS/c9-5-1-4(7(12)3-13)2-6(10)8(5)11/h1-3,7,12H. The Hall–Kier alpha value is 0.580. The summed E-state index contributed by atoms with van der Waals surface area (Å²) < 4.78 is 0.779. The number of hydrogen-bond acceptors (Lipinski definition) is 2. The van der Waals surface area contributed by atoms with Crippen LogP contribution in [0.3, 0.4) is 0 Å². The summed E-state index contributed by atoms with van der Waals surface area (Å²) in [5, 5.41) is 11.7. The number of aliphatic hydroxyl groups is 1. The molecule has 1 aromatic rings. The molecule has 0 aliphatic carbocycles. The van der Waals surface area contributed by atoms with Crippen molar-refractivity contribution < 1.29 is 5.11 Å². The molecular formula is C8H5Cl2IOS. The molecule has 0 aliphatic rings. The second kappa shape index (κ2) is 4.89. The van der Waals surface area contributed by atoms with E-state index in [0.717, 1.165) is 3.57 Å². The minimum absolute atomic E-state index is 0.527. The first-order chi connectivity index (χ1) is 6.06. The van der Waals surface area contributed by atoms with Crippen LogP contribution in [0.1, 0.15) is 11.7 Å². The van der Waals surface area contributed by atoms with Crippen molar-refractivity contribution in [3.63, 3.8) is 0 Å². The normalized spacial score (nSPS) is 12.6. The first-order valence-electron chi connectivity index (χ1n) is 3.34. The summed E-state index contributed by atoms with van der Waals surface area (Å²) in [4.78, 5) is 0. The van der Waals surface area contributed by atoms with Gasteiger partial charge < -0.3 is 5.11 Å². The monoisotopic (exact) mass is 346 g/mol. The highest BCUT2D eigenvalue weighted by Gasteiger charge is 2.09. The van der Waals surface area contributed by atoms with Crippen LogP contribution in [0.15, 0.2) is 12.1 Å². The number of rotatable bonds is 2. The third-order valence-electron chi connectivity index (χ3n) is 1.48. The molecule has 1 unspecified atom stereocenters. The number of halogens is 3. The second-order valence-corrected chi connectivity index (χ2v) is 4.54. The molecule has 1 aromatic carbocycles. The van der Waals surface area contributed by atoms with Crippen molar-refractivity contribution in [1.82, 2.24) is 0 Å². The molecule has 0 amide bonds. The lowest BCUT2D eigenvalue weighted by atomic mass is 10.1. The van der Waals surface area contributed by atoms with Crippen LogP contribution in [0, 0.1) is 3.57 Å². The van der Waals surface area contributed by atoms with Gasteiger partial charge in [0.2, 0.25) is 0 Å². The fourth-order valence-electron chi connectivity index (χ4n) is 0.824. The Kier molecular flexibility index (Phi) is 4.38. The van der Waals surface area contributed by atoms with Gasteiger partial charge in [0.25, 0.3) is 0 Å². The largest absolute Gasteiger partial charge is 0.383 e. The average molecular weight is 347 g/mol. The van der Waals surface area contributed by atoms with Crippen molar-refractivity contribution in [1.29, 1.82) is 0 Å². The maximum atomic E-state index is 9.39. The molecule has 70 valence electrons. The molecule has 0 aliphatic heterocycles. The van der Waals surface area contributed by atoms with E-state index in [1.165, 1.54) is 5.37 Å². The summed E-state index contributed by atoms with van der Waals surface area (Å²) in [5.41, 5.74) is 0.616. The SMILES string of the molecule is OC(C=S)c1cc(Cl)c(I)c(Cl)c1. The Morgan fingerprint density at radius 1 is 1.38 bits per heavy atom. The van der Waals surface area contributed by atoms with Gasteiger partial charge in [0.05, 0.1) is 13.6 Å². The molecule has 0 saturated carbocycles. The van der Waals surface area contributed by atoms with E-state index in [1.807, 2.05) is 22.6 Å². The summed E-state index contributed by atoms with van der Waals surface area (Å²) in [6.07, 6.45) is -0.790. The lowest BCUT2D eigenvalue weighted by molar-refractivity contribution is 0.255. The molecule has 0 aromatic heterocycles. The predicted molar refractivity (Wildman–Crippen MR) is 67.8 cm³/mol. The van der Waals surface area contributed by atoms with E-state index < -0.39 is 6.10 Å². The molecule has 0 heterocycles. The van der Waals surface area contributed by atoms with Crippen LogP contribution in [0.5, 0.6) is 0 Å². The van der Waals surface area contributed by atoms with Crippen molar-refractivity contribution in [2.24, 2.45) is 0 Å². The maximum absolute atomic E-state index is 9.39. The quantitative estimate of drug-likeness (QED) is 0.501. The van der Waals surface area contributed by atoms with Gasteiger partial charge >= 0.3 is 0 Å². The molecule has 0 fully saturated rings. The van der Waals surface area contributed by atoms with E-state index in [9.17, 15) is 5.11 Å². The highest BCUT2D eigenvalue weighted by molar-refractivity contribution is 14.1. The van der Waals surface area contributed by atoms with Crippen LogP contribution >= 0.6 is 58.0 Å². The Balaban J connectivity index is 3.20. The van der Waals surface area contributed by atoms with Gasteiger partial charge in [0, 0.05) is 5.37 Å². The zero-order valence-electron chi connectivity index (χ0n) is 6.30. The summed E-state index contributed by atoms with van der Waals surface area (Å²) in [6, 6.07) is 3.31. The lowest BCUT2D eigenvalue weighted by Gasteiger charge is -2.07. The van der Waals surface area contributed by atoms with Crippen LogP contribution in [-0.2, 0) is 0 Å². The number of aliphatic hydroxyl groups excluding tert-OH is 1. The van der Waals surface area contributed by atoms with Crippen molar-refractivity contribution in [3.05, 3.63) is 31.3 Å². The Morgan fingerprint density at radius 3 is 2.23 bits per heavy atom. The van der Waals surface area contributed by atoms with E-state index in [4.69, 9.17) is 23.2 Å². The molecule has 1 atom stereocenters. The Morgan fingerprint density at radius 2 is 1.85 bits per heavy atom. The van der Waals surface area contributed by atoms with Crippen LogP contribution in [0.25, 0.3) is 0 Å². The number of hydrogen-bond donors (Lipinski definition) is 1. The zero-order valence-corrected chi connectivity index (χ0v) is 10.8. The molecule has 0 bridgehead atoms. The minimum atomic E-state index is -0.790. The second-order valence-electron chi connectivity index (χ2n) is 2.38. The van der Waals surface area contributed by atoms with E-state index in [2.05, 4.69) is 12.2 Å². The molecule has 1 rings (SSSR count). The highest BCUT2D eigenvalue weighted by atomic mass is 127. The summed E-state index contributed by atoms with van der Waals surface area (Å²) in [6.45, 7) is 0. The lowest BCUT2D eigenvalue weighted by Crippen LogP contribution is -1.97. The smallest absolute Gasteiger partial charge is 0.107 e. The van der Waals surface area contributed by atoms with Gasteiger partial charge in [-0.25, -0.2) is 0 Å². The van der Waals surface area contributed by atoms with Crippen LogP contribution in [0.2, 0.25) is 10.0 Å². The van der Waals surface area contributed by atoms with Crippen molar-refractivity contribution >= 4 is 63.4 Å². The van der Waals surface area contributed by atoms with E-state index >= 15 is 0 Å². The molecule has 0 spiro atoms. The van der Waals surface area contributed by atoms with Gasteiger partial charge in [-0.15, -0.1) is 0 Å². The minimum Gasteiger partial charge on any atom is -0.383 e. The van der Waals surface area contributed by atoms with E-state index in [1.54, 1.807) is 12.1 Å². The van der Waals surface area contributed by atoms with Crippen LogP contribution in [0.4, 0.5) is 0 Å². The number of benzene rings is 1. The van der Waals surface area contributed by atoms with Crippen molar-refractivity contribution in [2.75, 3.05) is 0 Å². The van der Waals surface area contributed by atoms with Crippen molar-refractivity contribution in [2.45, 2.75) is 6.10 Å². The van der Waals surface area contributed by atoms with Gasteiger partial charge in [-0.1, -0.05) is 35.4 Å². The summed E-state index contributed by atoms with van der Waals surface area (Å²) in [7, 11) is 0. The predicted octanol–water partition coefficient (Wildman–Crippen LogP) is 3.63. The Bertz CT molecular complexity index is 320. The summed E-state index contributed by atoms with van der Waals surface area (Å²) in [5.74, 6) is 0. The average Bonchev–Trinajstić information content (AvgIpc) is 2.12. The van der Waals surface area contributed by atoms with Gasteiger partial charge in [-0.2, -0.15) is 0 Å². The van der Waals surface area contributed by atoms with Crippen LogP contribution in [-0.4, -0.2) is 10.5 Å². The molecule has 5 heteroatoms. The first-order valence-corrected chi connectivity index (χ1v) is 5.64. The molecule has 1 nitrogen and oxygen atoms in total.